The SMILES string of the molecule is CSc1cccc(NC(=O)C2CCCN(c3nnc(C)c4c(C)n(-c5ccccc5)nc34)C2)c1. The molecule has 34 heavy (non-hydrogen) atoms. The number of para-hydroxylation sites is 1. The number of anilines is 2. The van der Waals surface area contributed by atoms with E-state index in [1.807, 2.05) is 72.5 Å². The van der Waals surface area contributed by atoms with Crippen molar-refractivity contribution in [1.29, 1.82) is 0 Å². The van der Waals surface area contributed by atoms with E-state index in [4.69, 9.17) is 5.10 Å². The summed E-state index contributed by atoms with van der Waals surface area (Å²) < 4.78 is 1.96. The predicted molar refractivity (Wildman–Crippen MR) is 138 cm³/mol. The summed E-state index contributed by atoms with van der Waals surface area (Å²) in [6, 6.07) is 18.1. The number of rotatable bonds is 5. The average molecular weight is 473 g/mol. The van der Waals surface area contributed by atoms with Gasteiger partial charge in [0.2, 0.25) is 5.91 Å². The highest BCUT2D eigenvalue weighted by Gasteiger charge is 2.29. The molecule has 174 valence electrons. The molecule has 1 aliphatic heterocycles. The number of nitrogens with zero attached hydrogens (tertiary/aromatic N) is 5. The van der Waals surface area contributed by atoms with Gasteiger partial charge in [-0.15, -0.1) is 16.9 Å². The highest BCUT2D eigenvalue weighted by atomic mass is 32.2. The van der Waals surface area contributed by atoms with Crippen LogP contribution in [0.15, 0.2) is 59.5 Å². The summed E-state index contributed by atoms with van der Waals surface area (Å²) in [7, 11) is 0. The van der Waals surface area contributed by atoms with Crippen LogP contribution in [0.3, 0.4) is 0 Å². The monoisotopic (exact) mass is 472 g/mol. The molecule has 0 bridgehead atoms. The average Bonchev–Trinajstić information content (AvgIpc) is 3.23. The van der Waals surface area contributed by atoms with Crippen LogP contribution in [0.2, 0.25) is 0 Å². The fraction of sp³-hybridized carbons (Fsp3) is 0.308. The van der Waals surface area contributed by atoms with Crippen LogP contribution in [-0.2, 0) is 4.79 Å². The third-order valence-electron chi connectivity index (χ3n) is 6.41. The van der Waals surface area contributed by atoms with E-state index in [-0.39, 0.29) is 11.8 Å². The minimum atomic E-state index is -0.123. The minimum absolute atomic E-state index is 0.0465. The molecule has 0 aliphatic carbocycles. The maximum Gasteiger partial charge on any atom is 0.229 e. The Morgan fingerprint density at radius 1 is 1.09 bits per heavy atom. The molecule has 1 aliphatic rings. The van der Waals surface area contributed by atoms with Gasteiger partial charge in [0.05, 0.1) is 28.4 Å². The quantitative estimate of drug-likeness (QED) is 0.412. The predicted octanol–water partition coefficient (Wildman–Crippen LogP) is 5.01. The highest BCUT2D eigenvalue weighted by Crippen LogP contribution is 2.32. The Kier molecular flexibility index (Phi) is 6.24. The summed E-state index contributed by atoms with van der Waals surface area (Å²) in [6.45, 7) is 5.46. The first-order valence-electron chi connectivity index (χ1n) is 11.5. The summed E-state index contributed by atoms with van der Waals surface area (Å²) >= 11 is 1.66. The Balaban J connectivity index is 1.43. The number of amides is 1. The lowest BCUT2D eigenvalue weighted by atomic mass is 9.97. The van der Waals surface area contributed by atoms with Crippen LogP contribution in [0.5, 0.6) is 0 Å². The zero-order chi connectivity index (χ0) is 23.7. The highest BCUT2D eigenvalue weighted by molar-refractivity contribution is 7.98. The third-order valence-corrected chi connectivity index (χ3v) is 7.14. The number of thioether (sulfide) groups is 1. The fourth-order valence-corrected chi connectivity index (χ4v) is 5.13. The number of carbonyl (C=O) groups is 1. The molecule has 2 aromatic heterocycles. The Morgan fingerprint density at radius 3 is 2.71 bits per heavy atom. The molecule has 5 rings (SSSR count). The molecule has 1 saturated heterocycles. The van der Waals surface area contributed by atoms with Crippen LogP contribution in [0.4, 0.5) is 11.5 Å². The lowest BCUT2D eigenvalue weighted by molar-refractivity contribution is -0.120. The maximum absolute atomic E-state index is 13.1. The van der Waals surface area contributed by atoms with Crippen LogP contribution in [0.1, 0.15) is 24.2 Å². The summed E-state index contributed by atoms with van der Waals surface area (Å²) in [6.07, 6.45) is 3.80. The third kappa shape index (κ3) is 4.25. The molecule has 0 radical (unpaired) electrons. The fourth-order valence-electron chi connectivity index (χ4n) is 4.67. The van der Waals surface area contributed by atoms with Gasteiger partial charge in [-0.3, -0.25) is 4.79 Å². The van der Waals surface area contributed by atoms with Gasteiger partial charge in [-0.1, -0.05) is 24.3 Å². The zero-order valence-corrected chi connectivity index (χ0v) is 20.5. The smallest absolute Gasteiger partial charge is 0.229 e. The first-order valence-corrected chi connectivity index (χ1v) is 12.8. The first kappa shape index (κ1) is 22.4. The summed E-state index contributed by atoms with van der Waals surface area (Å²) in [5.41, 5.74) is 4.57. The van der Waals surface area contributed by atoms with E-state index in [0.717, 1.165) is 63.8 Å². The normalized spacial score (nSPS) is 16.1. The van der Waals surface area contributed by atoms with E-state index in [9.17, 15) is 4.79 Å². The van der Waals surface area contributed by atoms with Gasteiger partial charge in [0.25, 0.3) is 0 Å². The maximum atomic E-state index is 13.1. The summed E-state index contributed by atoms with van der Waals surface area (Å²) in [5, 5.41) is 18.1. The molecule has 7 nitrogen and oxygen atoms in total. The number of piperidine rings is 1. The van der Waals surface area contributed by atoms with Gasteiger partial charge in [0.15, 0.2) is 5.82 Å². The zero-order valence-electron chi connectivity index (χ0n) is 19.7. The van der Waals surface area contributed by atoms with E-state index in [0.29, 0.717) is 6.54 Å². The molecule has 4 aromatic rings. The van der Waals surface area contributed by atoms with E-state index < -0.39 is 0 Å². The molecule has 1 amide bonds. The Hall–Kier alpha value is -3.39. The standard InChI is InChI=1S/C26H28N6OS/c1-17-23-18(2)32(21-11-5-4-6-12-21)30-24(23)25(29-28-17)31-14-8-9-19(16-31)26(33)27-20-10-7-13-22(15-20)34-3/h4-7,10-13,15,19H,8-9,14,16H2,1-3H3,(H,27,33). The molecule has 3 heterocycles. The number of carbonyl (C=O) groups excluding carboxylic acids is 1. The van der Waals surface area contributed by atoms with Gasteiger partial charge in [0, 0.05) is 23.7 Å². The van der Waals surface area contributed by atoms with Gasteiger partial charge < -0.3 is 10.2 Å². The van der Waals surface area contributed by atoms with Gasteiger partial charge in [-0.2, -0.15) is 10.2 Å². The number of aryl methyl sites for hydroxylation is 2. The topological polar surface area (TPSA) is 75.9 Å². The van der Waals surface area contributed by atoms with Crippen molar-refractivity contribution in [2.45, 2.75) is 31.6 Å². The van der Waals surface area contributed by atoms with Crippen LogP contribution in [-0.4, -0.2) is 45.2 Å². The van der Waals surface area contributed by atoms with Gasteiger partial charge in [-0.05, 0) is 63.3 Å². The van der Waals surface area contributed by atoms with E-state index in [1.54, 1.807) is 11.8 Å². The molecule has 1 N–H and O–H groups in total. The van der Waals surface area contributed by atoms with Gasteiger partial charge in [0.1, 0.15) is 5.52 Å². The number of aromatic nitrogens is 4. The Labute approximate surface area is 203 Å². The summed E-state index contributed by atoms with van der Waals surface area (Å²) in [4.78, 5) is 16.4. The molecular formula is C26H28N6OS. The summed E-state index contributed by atoms with van der Waals surface area (Å²) in [5.74, 6) is 0.674. The second kappa shape index (κ2) is 9.46. The second-order valence-electron chi connectivity index (χ2n) is 8.67. The van der Waals surface area contributed by atoms with Crippen molar-refractivity contribution in [2.24, 2.45) is 5.92 Å². The van der Waals surface area contributed by atoms with Crippen LogP contribution in [0.25, 0.3) is 16.6 Å². The number of fused-ring (bicyclic) bond motifs is 1. The largest absolute Gasteiger partial charge is 0.352 e. The Bertz CT molecular complexity index is 1340. The first-order chi connectivity index (χ1) is 16.5. The van der Waals surface area contributed by atoms with E-state index >= 15 is 0 Å². The van der Waals surface area contributed by atoms with Crippen LogP contribution < -0.4 is 10.2 Å². The van der Waals surface area contributed by atoms with E-state index in [2.05, 4.69) is 27.3 Å². The molecule has 2 aromatic carbocycles. The van der Waals surface area contributed by atoms with Crippen molar-refractivity contribution in [2.75, 3.05) is 29.6 Å². The molecule has 8 heteroatoms. The second-order valence-corrected chi connectivity index (χ2v) is 9.55. The molecule has 1 fully saturated rings. The minimum Gasteiger partial charge on any atom is -0.352 e. The van der Waals surface area contributed by atoms with Crippen molar-refractivity contribution in [3.05, 3.63) is 66.0 Å². The molecular weight excluding hydrogens is 444 g/mol. The number of benzene rings is 2. The van der Waals surface area contributed by atoms with Gasteiger partial charge in [-0.25, -0.2) is 4.68 Å². The van der Waals surface area contributed by atoms with Crippen molar-refractivity contribution in [3.8, 4) is 5.69 Å². The van der Waals surface area contributed by atoms with Gasteiger partial charge >= 0.3 is 0 Å². The van der Waals surface area contributed by atoms with E-state index in [1.165, 1.54) is 0 Å². The lowest BCUT2D eigenvalue weighted by Crippen LogP contribution is -2.41. The number of nitrogens with one attached hydrogen (secondary N) is 1. The molecule has 1 unspecified atom stereocenters. The van der Waals surface area contributed by atoms with Crippen molar-refractivity contribution in [1.82, 2.24) is 20.0 Å². The number of hydrogen-bond acceptors (Lipinski definition) is 6. The molecule has 1 atom stereocenters. The molecule has 0 saturated carbocycles. The van der Waals surface area contributed by atoms with Crippen LogP contribution >= 0.6 is 11.8 Å². The lowest BCUT2D eigenvalue weighted by Gasteiger charge is -2.32. The van der Waals surface area contributed by atoms with Crippen molar-refractivity contribution >= 4 is 40.1 Å². The van der Waals surface area contributed by atoms with Crippen molar-refractivity contribution in [3.63, 3.8) is 0 Å². The number of hydrogen-bond donors (Lipinski definition) is 1. The van der Waals surface area contributed by atoms with Crippen molar-refractivity contribution < 1.29 is 4.79 Å². The Morgan fingerprint density at radius 2 is 1.91 bits per heavy atom. The molecule has 0 spiro atoms. The van der Waals surface area contributed by atoms with Crippen LogP contribution in [0, 0.1) is 19.8 Å².